The molecular formula is C19H24N2O. The smallest absolute Gasteiger partial charge is 0.0952 e. The van der Waals surface area contributed by atoms with Crippen LogP contribution in [0.1, 0.15) is 37.9 Å². The van der Waals surface area contributed by atoms with Gasteiger partial charge in [-0.05, 0) is 48.9 Å². The van der Waals surface area contributed by atoms with E-state index in [0.29, 0.717) is 0 Å². The first kappa shape index (κ1) is 14.2. The van der Waals surface area contributed by atoms with Gasteiger partial charge in [-0.3, -0.25) is 9.88 Å². The van der Waals surface area contributed by atoms with Crippen molar-refractivity contribution in [2.75, 3.05) is 13.1 Å². The number of fused-ring (bicyclic) bond motifs is 4. The van der Waals surface area contributed by atoms with Gasteiger partial charge in [-0.2, -0.15) is 0 Å². The van der Waals surface area contributed by atoms with E-state index >= 15 is 0 Å². The molecule has 3 aliphatic rings. The van der Waals surface area contributed by atoms with E-state index in [4.69, 9.17) is 0 Å². The highest BCUT2D eigenvalue weighted by Crippen LogP contribution is 2.42. The molecule has 4 heterocycles. The molecule has 3 heteroatoms. The van der Waals surface area contributed by atoms with Crippen molar-refractivity contribution in [2.45, 2.75) is 38.3 Å². The van der Waals surface area contributed by atoms with Crippen LogP contribution in [0.15, 0.2) is 36.5 Å². The topological polar surface area (TPSA) is 36.4 Å². The van der Waals surface area contributed by atoms with E-state index in [1.807, 2.05) is 30.5 Å². The lowest BCUT2D eigenvalue weighted by molar-refractivity contribution is -0.0562. The summed E-state index contributed by atoms with van der Waals surface area (Å²) in [4.78, 5) is 6.94. The summed E-state index contributed by atoms with van der Waals surface area (Å²) < 4.78 is 0. The molecule has 5 rings (SSSR count). The van der Waals surface area contributed by atoms with Crippen molar-refractivity contribution >= 4 is 10.9 Å². The van der Waals surface area contributed by atoms with Crippen molar-refractivity contribution in [3.63, 3.8) is 0 Å². The molecule has 0 radical (unpaired) electrons. The molecule has 0 amide bonds. The zero-order valence-electron chi connectivity index (χ0n) is 13.2. The average molecular weight is 296 g/mol. The van der Waals surface area contributed by atoms with Gasteiger partial charge in [0, 0.05) is 24.2 Å². The van der Waals surface area contributed by atoms with Crippen LogP contribution in [0.4, 0.5) is 0 Å². The minimum absolute atomic E-state index is 0.271. The molecule has 0 spiro atoms. The molecule has 1 aromatic carbocycles. The number of aromatic nitrogens is 1. The van der Waals surface area contributed by atoms with E-state index in [2.05, 4.69) is 22.9 Å². The number of benzene rings is 1. The van der Waals surface area contributed by atoms with Gasteiger partial charge in [-0.1, -0.05) is 31.5 Å². The zero-order chi connectivity index (χ0) is 15.1. The Kier molecular flexibility index (Phi) is 3.63. The molecule has 3 fully saturated rings. The Morgan fingerprint density at radius 1 is 1.32 bits per heavy atom. The molecule has 3 aliphatic heterocycles. The first-order valence-corrected chi connectivity index (χ1v) is 8.53. The van der Waals surface area contributed by atoms with E-state index in [-0.39, 0.29) is 6.04 Å². The van der Waals surface area contributed by atoms with Gasteiger partial charge in [0.15, 0.2) is 0 Å². The molecule has 1 aromatic heterocycles. The summed E-state index contributed by atoms with van der Waals surface area (Å²) in [5.74, 6) is 1.62. The molecular weight excluding hydrogens is 272 g/mol. The van der Waals surface area contributed by atoms with Crippen molar-refractivity contribution in [2.24, 2.45) is 11.8 Å². The molecule has 0 aliphatic carbocycles. The summed E-state index contributed by atoms with van der Waals surface area (Å²) in [6.07, 6.45) is 5.12. The highest BCUT2D eigenvalue weighted by atomic mass is 16.3. The Bertz CT molecular complexity index is 666. The first-order valence-electron chi connectivity index (χ1n) is 8.53. The Morgan fingerprint density at radius 3 is 2.95 bits per heavy atom. The number of rotatable bonds is 3. The van der Waals surface area contributed by atoms with E-state index in [9.17, 15) is 5.11 Å². The van der Waals surface area contributed by atoms with Gasteiger partial charge in [0.1, 0.15) is 0 Å². The molecule has 0 saturated carbocycles. The number of piperidine rings is 3. The zero-order valence-corrected chi connectivity index (χ0v) is 13.2. The Balaban J connectivity index is 1.66. The van der Waals surface area contributed by atoms with Crippen molar-refractivity contribution in [3.05, 3.63) is 42.1 Å². The van der Waals surface area contributed by atoms with Crippen LogP contribution in [0, 0.1) is 11.8 Å². The van der Waals surface area contributed by atoms with Crippen LogP contribution in [0.25, 0.3) is 10.9 Å². The quantitative estimate of drug-likeness (QED) is 0.943. The summed E-state index contributed by atoms with van der Waals surface area (Å²) in [5.41, 5.74) is 2.01. The van der Waals surface area contributed by atoms with Crippen LogP contribution in [0.5, 0.6) is 0 Å². The molecule has 116 valence electrons. The third-order valence-corrected chi connectivity index (χ3v) is 5.83. The van der Waals surface area contributed by atoms with Crippen LogP contribution in [0.2, 0.25) is 0 Å². The van der Waals surface area contributed by atoms with Crippen LogP contribution < -0.4 is 0 Å². The molecule has 5 atom stereocenters. The molecule has 2 bridgehead atoms. The number of aliphatic hydroxyl groups is 1. The van der Waals surface area contributed by atoms with Gasteiger partial charge in [0.05, 0.1) is 11.6 Å². The minimum atomic E-state index is -0.409. The van der Waals surface area contributed by atoms with Crippen LogP contribution in [-0.2, 0) is 0 Å². The maximum Gasteiger partial charge on any atom is 0.0952 e. The van der Waals surface area contributed by atoms with Gasteiger partial charge in [0.2, 0.25) is 0 Å². The van der Waals surface area contributed by atoms with Gasteiger partial charge < -0.3 is 5.11 Å². The number of aliphatic hydroxyl groups excluding tert-OH is 1. The molecule has 3 nitrogen and oxygen atoms in total. The lowest BCUT2D eigenvalue weighted by Crippen LogP contribution is -2.55. The number of para-hydroxylation sites is 1. The lowest BCUT2D eigenvalue weighted by Gasteiger charge is -2.51. The van der Waals surface area contributed by atoms with Crippen molar-refractivity contribution in [1.82, 2.24) is 9.88 Å². The van der Waals surface area contributed by atoms with Crippen molar-refractivity contribution < 1.29 is 5.11 Å². The van der Waals surface area contributed by atoms with Crippen LogP contribution in [-0.4, -0.2) is 34.1 Å². The number of pyridine rings is 1. The van der Waals surface area contributed by atoms with E-state index in [0.717, 1.165) is 47.8 Å². The molecule has 2 unspecified atom stereocenters. The van der Waals surface area contributed by atoms with E-state index in [1.165, 1.54) is 12.8 Å². The van der Waals surface area contributed by atoms with Crippen molar-refractivity contribution in [1.29, 1.82) is 0 Å². The fraction of sp³-hybridized carbons (Fsp3) is 0.526. The third kappa shape index (κ3) is 2.24. The van der Waals surface area contributed by atoms with Gasteiger partial charge in [0.25, 0.3) is 0 Å². The van der Waals surface area contributed by atoms with Crippen LogP contribution in [0.3, 0.4) is 0 Å². The Labute approximate surface area is 132 Å². The highest BCUT2D eigenvalue weighted by molar-refractivity contribution is 5.82. The second-order valence-electron chi connectivity index (χ2n) is 6.88. The van der Waals surface area contributed by atoms with E-state index in [1.54, 1.807) is 0 Å². The number of hydrogen-bond donors (Lipinski definition) is 1. The third-order valence-electron chi connectivity index (χ3n) is 5.83. The summed E-state index contributed by atoms with van der Waals surface area (Å²) in [6.45, 7) is 4.60. The number of nitrogens with zero attached hydrogens (tertiary/aromatic N) is 2. The second-order valence-corrected chi connectivity index (χ2v) is 6.88. The number of hydrogen-bond acceptors (Lipinski definition) is 3. The van der Waals surface area contributed by atoms with Crippen molar-refractivity contribution in [3.8, 4) is 0 Å². The summed E-state index contributed by atoms with van der Waals surface area (Å²) >= 11 is 0. The monoisotopic (exact) mass is 296 g/mol. The lowest BCUT2D eigenvalue weighted by atomic mass is 9.72. The fourth-order valence-electron chi connectivity index (χ4n) is 4.55. The van der Waals surface area contributed by atoms with E-state index < -0.39 is 6.10 Å². The normalized spacial score (nSPS) is 32.3. The molecule has 3 saturated heterocycles. The Morgan fingerprint density at radius 2 is 2.18 bits per heavy atom. The average Bonchev–Trinajstić information content (AvgIpc) is 2.60. The maximum atomic E-state index is 11.1. The predicted molar refractivity (Wildman–Crippen MR) is 88.6 cm³/mol. The largest absolute Gasteiger partial charge is 0.387 e. The molecule has 1 N–H and O–H groups in total. The van der Waals surface area contributed by atoms with Gasteiger partial charge in [-0.15, -0.1) is 0 Å². The second kappa shape index (κ2) is 5.64. The predicted octanol–water partition coefficient (Wildman–Crippen LogP) is 3.39. The summed E-state index contributed by atoms with van der Waals surface area (Å²) in [7, 11) is 0. The maximum absolute atomic E-state index is 11.1. The standard InChI is InChI=1S/C19H24N2O/c1-2-13-12-21-10-8-14(13)11-18(21)19(22)16-7-9-20-17-6-4-3-5-15(16)17/h3-7,9,13-14,18-19,22H,2,8,10-12H2,1H3/t13?,14-,18?,19+/m1/s1. The summed E-state index contributed by atoms with van der Waals surface area (Å²) in [6, 6.07) is 10.4. The first-order chi connectivity index (χ1) is 10.8. The summed E-state index contributed by atoms with van der Waals surface area (Å²) in [5, 5.41) is 12.1. The SMILES string of the molecule is CCC1C[N@@]2CC[C@@H]1CC2[C@@H](O)c1ccnc2ccccc12. The molecule has 2 aromatic rings. The minimum Gasteiger partial charge on any atom is -0.387 e. The van der Waals surface area contributed by atoms with Crippen LogP contribution >= 0.6 is 0 Å². The highest BCUT2D eigenvalue weighted by Gasteiger charge is 2.42. The molecule has 22 heavy (non-hydrogen) atoms. The Hall–Kier alpha value is -1.45. The van der Waals surface area contributed by atoms with Gasteiger partial charge in [-0.25, -0.2) is 0 Å². The fourth-order valence-corrected chi connectivity index (χ4v) is 4.55. The van der Waals surface area contributed by atoms with Gasteiger partial charge >= 0.3 is 0 Å².